The van der Waals surface area contributed by atoms with E-state index in [1.54, 1.807) is 7.11 Å². The van der Waals surface area contributed by atoms with Crippen LogP contribution in [0.3, 0.4) is 0 Å². The minimum atomic E-state index is -0.614. The zero-order valence-corrected chi connectivity index (χ0v) is 13.7. The Balaban J connectivity index is 1.77. The first-order valence-electron chi connectivity index (χ1n) is 7.33. The lowest BCUT2D eigenvalue weighted by atomic mass is 9.81. The second-order valence-corrected chi connectivity index (χ2v) is 7.03. The predicted octanol–water partition coefficient (Wildman–Crippen LogP) is 3.14. The zero-order chi connectivity index (χ0) is 15.0. The molecule has 1 N–H and O–H groups in total. The molecule has 1 saturated carbocycles. The van der Waals surface area contributed by atoms with E-state index in [1.807, 2.05) is 18.2 Å². The van der Waals surface area contributed by atoms with Gasteiger partial charge in [0.2, 0.25) is 0 Å². The lowest BCUT2D eigenvalue weighted by molar-refractivity contribution is -0.149. The Morgan fingerprint density at radius 2 is 2.38 bits per heavy atom. The maximum Gasteiger partial charge on any atom is 0.311 e. The topological polar surface area (TPSA) is 49.8 Å². The molecule has 0 radical (unpaired) electrons. The summed E-state index contributed by atoms with van der Waals surface area (Å²) in [7, 11) is 1.66. The summed E-state index contributed by atoms with van der Waals surface area (Å²) in [4.78, 5) is 14.0. The van der Waals surface area contributed by atoms with Crippen LogP contribution in [0.25, 0.3) is 0 Å². The second-order valence-electron chi connectivity index (χ2n) is 6.18. The summed E-state index contributed by atoms with van der Waals surface area (Å²) < 4.78 is 6.32. The van der Waals surface area contributed by atoms with E-state index in [0.29, 0.717) is 12.5 Å². The highest BCUT2D eigenvalue weighted by Gasteiger charge is 2.54. The molecule has 1 aliphatic carbocycles. The Morgan fingerprint density at radius 1 is 1.57 bits per heavy atom. The Hall–Kier alpha value is -1.07. The molecular weight excluding hydrogens is 334 g/mol. The highest BCUT2D eigenvalue weighted by molar-refractivity contribution is 9.10. The first-order valence-corrected chi connectivity index (χ1v) is 8.12. The van der Waals surface area contributed by atoms with Crippen molar-refractivity contribution in [2.45, 2.75) is 25.8 Å². The quantitative estimate of drug-likeness (QED) is 0.903. The van der Waals surface area contributed by atoms with Crippen molar-refractivity contribution in [2.75, 3.05) is 20.2 Å². The summed E-state index contributed by atoms with van der Waals surface area (Å²) in [6.07, 6.45) is 2.92. The molecule has 1 aliphatic heterocycles. The number of ether oxygens (including phenoxy) is 1. The first-order chi connectivity index (χ1) is 10.0. The SMILES string of the molecule is COc1ccc(Br)c(CN2C[C@@H]3CCC[C@@]3(C(=O)O)C2)c1. The van der Waals surface area contributed by atoms with Gasteiger partial charge in [0.15, 0.2) is 0 Å². The van der Waals surface area contributed by atoms with Gasteiger partial charge in [-0.15, -0.1) is 0 Å². The average molecular weight is 354 g/mol. The summed E-state index contributed by atoms with van der Waals surface area (Å²) in [5.74, 6) is 0.525. The highest BCUT2D eigenvalue weighted by Crippen LogP contribution is 2.49. The Labute approximate surface area is 133 Å². The molecule has 0 aromatic heterocycles. The van der Waals surface area contributed by atoms with Crippen LogP contribution in [0.1, 0.15) is 24.8 Å². The van der Waals surface area contributed by atoms with E-state index in [4.69, 9.17) is 4.74 Å². The van der Waals surface area contributed by atoms with Crippen LogP contribution < -0.4 is 4.74 Å². The molecule has 4 nitrogen and oxygen atoms in total. The zero-order valence-electron chi connectivity index (χ0n) is 12.1. The minimum absolute atomic E-state index is 0.305. The van der Waals surface area contributed by atoms with Crippen LogP contribution >= 0.6 is 15.9 Å². The van der Waals surface area contributed by atoms with Crippen molar-refractivity contribution in [3.05, 3.63) is 28.2 Å². The van der Waals surface area contributed by atoms with Gasteiger partial charge in [-0.05, 0) is 42.5 Å². The molecule has 1 aromatic carbocycles. The third kappa shape index (κ3) is 2.57. The number of rotatable bonds is 4. The van der Waals surface area contributed by atoms with E-state index >= 15 is 0 Å². The molecule has 5 heteroatoms. The van der Waals surface area contributed by atoms with Crippen molar-refractivity contribution < 1.29 is 14.6 Å². The molecule has 114 valence electrons. The van der Waals surface area contributed by atoms with Crippen LogP contribution in [0.5, 0.6) is 5.75 Å². The van der Waals surface area contributed by atoms with Crippen LogP contribution in [0.2, 0.25) is 0 Å². The van der Waals surface area contributed by atoms with Crippen molar-refractivity contribution in [2.24, 2.45) is 11.3 Å². The fourth-order valence-electron chi connectivity index (χ4n) is 3.90. The maximum absolute atomic E-state index is 11.7. The minimum Gasteiger partial charge on any atom is -0.497 e. The van der Waals surface area contributed by atoms with E-state index in [0.717, 1.165) is 48.1 Å². The van der Waals surface area contributed by atoms with Crippen LogP contribution in [-0.4, -0.2) is 36.2 Å². The number of fused-ring (bicyclic) bond motifs is 1. The number of likely N-dealkylation sites (tertiary alicyclic amines) is 1. The molecule has 0 bridgehead atoms. The van der Waals surface area contributed by atoms with Gasteiger partial charge in [0.05, 0.1) is 12.5 Å². The Morgan fingerprint density at radius 3 is 3.05 bits per heavy atom. The van der Waals surface area contributed by atoms with Crippen molar-refractivity contribution in [1.82, 2.24) is 4.90 Å². The molecule has 2 fully saturated rings. The molecule has 2 atom stereocenters. The standard InChI is InChI=1S/C16H20BrNO3/c1-21-13-4-5-14(17)11(7-13)8-18-9-12-3-2-6-16(12,10-18)15(19)20/h4-5,7,12H,2-3,6,8-10H2,1H3,(H,19,20)/t12-,16+/m0/s1. The van der Waals surface area contributed by atoms with E-state index in [1.165, 1.54) is 0 Å². The number of carbonyl (C=O) groups is 1. The maximum atomic E-state index is 11.7. The molecule has 2 aliphatic rings. The summed E-state index contributed by atoms with van der Waals surface area (Å²) in [5.41, 5.74) is 0.639. The smallest absolute Gasteiger partial charge is 0.311 e. The van der Waals surface area contributed by atoms with E-state index in [9.17, 15) is 9.90 Å². The summed E-state index contributed by atoms with van der Waals surface area (Å²) in [6, 6.07) is 5.93. The molecule has 0 unspecified atom stereocenters. The number of nitrogens with zero attached hydrogens (tertiary/aromatic N) is 1. The number of carboxylic acid groups (broad SMARTS) is 1. The average Bonchev–Trinajstić information content (AvgIpc) is 2.99. The number of carboxylic acids is 1. The summed E-state index contributed by atoms with van der Waals surface area (Å²) >= 11 is 3.57. The molecule has 21 heavy (non-hydrogen) atoms. The fraction of sp³-hybridized carbons (Fsp3) is 0.562. The normalized spacial score (nSPS) is 28.6. The molecular formula is C16H20BrNO3. The highest BCUT2D eigenvalue weighted by atomic mass is 79.9. The summed E-state index contributed by atoms with van der Waals surface area (Å²) in [5, 5.41) is 9.64. The van der Waals surface area contributed by atoms with Gasteiger partial charge in [-0.2, -0.15) is 0 Å². The van der Waals surface area contributed by atoms with Crippen LogP contribution in [-0.2, 0) is 11.3 Å². The van der Waals surface area contributed by atoms with Gasteiger partial charge in [-0.1, -0.05) is 22.4 Å². The van der Waals surface area contributed by atoms with Crippen molar-refractivity contribution in [3.8, 4) is 5.75 Å². The monoisotopic (exact) mass is 353 g/mol. The Kier molecular flexibility index (Phi) is 3.97. The third-order valence-corrected chi connectivity index (χ3v) is 5.79. The van der Waals surface area contributed by atoms with Crippen molar-refractivity contribution in [1.29, 1.82) is 0 Å². The van der Waals surface area contributed by atoms with Gasteiger partial charge in [-0.3, -0.25) is 9.69 Å². The van der Waals surface area contributed by atoms with E-state index in [2.05, 4.69) is 20.8 Å². The van der Waals surface area contributed by atoms with E-state index in [-0.39, 0.29) is 0 Å². The number of halogens is 1. The molecule has 0 spiro atoms. The van der Waals surface area contributed by atoms with E-state index < -0.39 is 11.4 Å². The Bertz CT molecular complexity index is 562. The van der Waals surface area contributed by atoms with Crippen molar-refractivity contribution >= 4 is 21.9 Å². The number of benzene rings is 1. The molecule has 1 aromatic rings. The number of hydrogen-bond donors (Lipinski definition) is 1. The molecule has 1 saturated heterocycles. The molecule has 1 heterocycles. The van der Waals surface area contributed by atoms with Gasteiger partial charge in [0.25, 0.3) is 0 Å². The number of hydrogen-bond acceptors (Lipinski definition) is 3. The predicted molar refractivity (Wildman–Crippen MR) is 83.4 cm³/mol. The largest absolute Gasteiger partial charge is 0.497 e. The number of methoxy groups -OCH3 is 1. The van der Waals surface area contributed by atoms with Crippen LogP contribution in [0.15, 0.2) is 22.7 Å². The molecule has 0 amide bonds. The van der Waals surface area contributed by atoms with Gasteiger partial charge < -0.3 is 9.84 Å². The number of aliphatic carboxylic acids is 1. The first kappa shape index (κ1) is 14.9. The fourth-order valence-corrected chi connectivity index (χ4v) is 4.28. The third-order valence-electron chi connectivity index (χ3n) is 5.01. The van der Waals surface area contributed by atoms with Gasteiger partial charge in [-0.25, -0.2) is 0 Å². The van der Waals surface area contributed by atoms with Crippen LogP contribution in [0, 0.1) is 11.3 Å². The van der Waals surface area contributed by atoms with Gasteiger partial charge >= 0.3 is 5.97 Å². The lowest BCUT2D eigenvalue weighted by Crippen LogP contribution is -2.35. The van der Waals surface area contributed by atoms with Gasteiger partial charge in [0.1, 0.15) is 5.75 Å². The molecule has 3 rings (SSSR count). The van der Waals surface area contributed by atoms with Crippen LogP contribution in [0.4, 0.5) is 0 Å². The second kappa shape index (κ2) is 5.61. The lowest BCUT2D eigenvalue weighted by Gasteiger charge is -2.23. The van der Waals surface area contributed by atoms with Gasteiger partial charge in [0, 0.05) is 24.1 Å². The van der Waals surface area contributed by atoms with Crippen molar-refractivity contribution in [3.63, 3.8) is 0 Å². The summed E-state index contributed by atoms with van der Waals surface area (Å²) in [6.45, 7) is 2.32.